The molecule has 1 atom stereocenters. The summed E-state index contributed by atoms with van der Waals surface area (Å²) in [5.74, 6) is 2.16. The molecule has 4 heteroatoms. The summed E-state index contributed by atoms with van der Waals surface area (Å²) in [6.45, 7) is 11.9. The molecule has 0 aliphatic heterocycles. The minimum atomic E-state index is 0.177. The van der Waals surface area contributed by atoms with E-state index in [4.69, 9.17) is 4.42 Å². The second kappa shape index (κ2) is 6.88. The highest BCUT2D eigenvalue weighted by Crippen LogP contribution is 2.11. The van der Waals surface area contributed by atoms with E-state index >= 15 is 0 Å². The lowest BCUT2D eigenvalue weighted by atomic mass is 10.1. The standard InChI is InChI=1S/C14H27N3O/c1-6-11(2)10-13-17-16-12(18-13)8-7-9-15-14(3,4)5/h11,15H,6-10H2,1-5H3. The number of hydrogen-bond donors (Lipinski definition) is 1. The Hall–Kier alpha value is -0.900. The number of nitrogens with zero attached hydrogens (tertiary/aromatic N) is 2. The average Bonchev–Trinajstić information content (AvgIpc) is 2.71. The maximum atomic E-state index is 5.64. The van der Waals surface area contributed by atoms with Gasteiger partial charge in [0.1, 0.15) is 0 Å². The Morgan fingerprint density at radius 3 is 2.50 bits per heavy atom. The van der Waals surface area contributed by atoms with Crippen molar-refractivity contribution in [3.05, 3.63) is 11.8 Å². The SMILES string of the molecule is CCC(C)Cc1nnc(CCCNC(C)(C)C)o1. The quantitative estimate of drug-likeness (QED) is 0.759. The van der Waals surface area contributed by atoms with Gasteiger partial charge in [0.25, 0.3) is 0 Å². The molecule has 0 fully saturated rings. The molecular weight excluding hydrogens is 226 g/mol. The first-order chi connectivity index (χ1) is 8.40. The van der Waals surface area contributed by atoms with Crippen molar-refractivity contribution in [3.8, 4) is 0 Å². The fraction of sp³-hybridized carbons (Fsp3) is 0.857. The van der Waals surface area contributed by atoms with Crippen molar-refractivity contribution < 1.29 is 4.42 Å². The summed E-state index contributed by atoms with van der Waals surface area (Å²) in [6.07, 6.45) is 3.93. The Labute approximate surface area is 111 Å². The predicted molar refractivity (Wildman–Crippen MR) is 73.5 cm³/mol. The van der Waals surface area contributed by atoms with Crippen LogP contribution in [0, 0.1) is 5.92 Å². The summed E-state index contributed by atoms with van der Waals surface area (Å²) in [6, 6.07) is 0. The van der Waals surface area contributed by atoms with Gasteiger partial charge < -0.3 is 9.73 Å². The second-order valence-corrected chi connectivity index (χ2v) is 6.09. The molecule has 1 aromatic heterocycles. The van der Waals surface area contributed by atoms with Gasteiger partial charge in [0.15, 0.2) is 0 Å². The van der Waals surface area contributed by atoms with Gasteiger partial charge in [-0.1, -0.05) is 20.3 Å². The summed E-state index contributed by atoms with van der Waals surface area (Å²) >= 11 is 0. The van der Waals surface area contributed by atoms with E-state index in [-0.39, 0.29) is 5.54 Å². The highest BCUT2D eigenvalue weighted by atomic mass is 16.4. The van der Waals surface area contributed by atoms with Crippen LogP contribution in [0.25, 0.3) is 0 Å². The van der Waals surface area contributed by atoms with Crippen LogP contribution >= 0.6 is 0 Å². The summed E-state index contributed by atoms with van der Waals surface area (Å²) in [5.41, 5.74) is 0.177. The monoisotopic (exact) mass is 253 g/mol. The van der Waals surface area contributed by atoms with Gasteiger partial charge in [-0.2, -0.15) is 0 Å². The van der Waals surface area contributed by atoms with Crippen LogP contribution in [0.4, 0.5) is 0 Å². The van der Waals surface area contributed by atoms with Crippen LogP contribution in [-0.4, -0.2) is 22.3 Å². The highest BCUT2D eigenvalue weighted by molar-refractivity contribution is 4.84. The lowest BCUT2D eigenvalue weighted by Gasteiger charge is -2.19. The Kier molecular flexibility index (Phi) is 5.79. The summed E-state index contributed by atoms with van der Waals surface area (Å²) in [4.78, 5) is 0. The van der Waals surface area contributed by atoms with E-state index in [1.54, 1.807) is 0 Å². The molecule has 1 rings (SSSR count). The molecule has 1 unspecified atom stereocenters. The molecule has 0 amide bonds. The molecule has 0 radical (unpaired) electrons. The van der Waals surface area contributed by atoms with Gasteiger partial charge in [0.2, 0.25) is 11.8 Å². The van der Waals surface area contributed by atoms with Gasteiger partial charge in [-0.05, 0) is 39.7 Å². The number of rotatable bonds is 7. The Morgan fingerprint density at radius 2 is 1.89 bits per heavy atom. The van der Waals surface area contributed by atoms with Crippen molar-refractivity contribution in [1.29, 1.82) is 0 Å². The molecule has 4 nitrogen and oxygen atoms in total. The zero-order chi connectivity index (χ0) is 13.6. The third kappa shape index (κ3) is 6.15. The van der Waals surface area contributed by atoms with Crippen molar-refractivity contribution in [2.45, 2.75) is 65.8 Å². The van der Waals surface area contributed by atoms with Crippen molar-refractivity contribution >= 4 is 0 Å². The molecule has 1 aromatic rings. The van der Waals surface area contributed by atoms with Gasteiger partial charge >= 0.3 is 0 Å². The zero-order valence-corrected chi connectivity index (χ0v) is 12.4. The highest BCUT2D eigenvalue weighted by Gasteiger charge is 2.10. The maximum absolute atomic E-state index is 5.64. The number of nitrogens with one attached hydrogen (secondary N) is 1. The lowest BCUT2D eigenvalue weighted by molar-refractivity contribution is 0.393. The van der Waals surface area contributed by atoms with Crippen LogP contribution in [0.2, 0.25) is 0 Å². The molecule has 0 aliphatic rings. The van der Waals surface area contributed by atoms with E-state index in [1.807, 2.05) is 0 Å². The number of aromatic nitrogens is 2. The second-order valence-electron chi connectivity index (χ2n) is 6.09. The number of hydrogen-bond acceptors (Lipinski definition) is 4. The van der Waals surface area contributed by atoms with Crippen LogP contribution in [0.15, 0.2) is 4.42 Å². The number of aryl methyl sites for hydroxylation is 1. The zero-order valence-electron chi connectivity index (χ0n) is 12.4. The van der Waals surface area contributed by atoms with E-state index in [0.29, 0.717) is 5.92 Å². The largest absolute Gasteiger partial charge is 0.425 e. The van der Waals surface area contributed by atoms with Gasteiger partial charge in [-0.3, -0.25) is 0 Å². The van der Waals surface area contributed by atoms with Crippen LogP contribution in [0.3, 0.4) is 0 Å². The average molecular weight is 253 g/mol. The van der Waals surface area contributed by atoms with Crippen LogP contribution < -0.4 is 5.32 Å². The summed E-state index contributed by atoms with van der Waals surface area (Å²) in [7, 11) is 0. The summed E-state index contributed by atoms with van der Waals surface area (Å²) in [5, 5.41) is 11.6. The van der Waals surface area contributed by atoms with Gasteiger partial charge in [-0.15, -0.1) is 10.2 Å². The smallest absolute Gasteiger partial charge is 0.216 e. The molecule has 0 saturated heterocycles. The van der Waals surface area contributed by atoms with Crippen LogP contribution in [0.1, 0.15) is 59.2 Å². The molecule has 104 valence electrons. The minimum Gasteiger partial charge on any atom is -0.425 e. The van der Waals surface area contributed by atoms with Crippen molar-refractivity contribution in [2.75, 3.05) is 6.54 Å². The van der Waals surface area contributed by atoms with E-state index in [2.05, 4.69) is 50.1 Å². The molecule has 1 N–H and O–H groups in total. The molecule has 0 bridgehead atoms. The fourth-order valence-corrected chi connectivity index (χ4v) is 1.62. The first-order valence-corrected chi connectivity index (χ1v) is 6.97. The van der Waals surface area contributed by atoms with Crippen LogP contribution in [-0.2, 0) is 12.8 Å². The van der Waals surface area contributed by atoms with E-state index in [1.165, 1.54) is 0 Å². The predicted octanol–water partition coefficient (Wildman–Crippen LogP) is 2.98. The molecule has 0 aliphatic carbocycles. The summed E-state index contributed by atoms with van der Waals surface area (Å²) < 4.78 is 5.64. The molecular formula is C14H27N3O. The van der Waals surface area contributed by atoms with E-state index < -0.39 is 0 Å². The maximum Gasteiger partial charge on any atom is 0.216 e. The van der Waals surface area contributed by atoms with Crippen molar-refractivity contribution in [1.82, 2.24) is 15.5 Å². The first kappa shape index (κ1) is 15.2. The van der Waals surface area contributed by atoms with Gasteiger partial charge in [0.05, 0.1) is 0 Å². The van der Waals surface area contributed by atoms with Crippen molar-refractivity contribution in [2.24, 2.45) is 5.92 Å². The molecule has 0 spiro atoms. The first-order valence-electron chi connectivity index (χ1n) is 6.97. The Morgan fingerprint density at radius 1 is 1.22 bits per heavy atom. The van der Waals surface area contributed by atoms with Gasteiger partial charge in [0, 0.05) is 18.4 Å². The normalized spacial score (nSPS) is 13.8. The molecule has 18 heavy (non-hydrogen) atoms. The third-order valence-electron chi connectivity index (χ3n) is 2.95. The molecule has 1 heterocycles. The fourth-order valence-electron chi connectivity index (χ4n) is 1.62. The molecule has 0 aromatic carbocycles. The third-order valence-corrected chi connectivity index (χ3v) is 2.95. The van der Waals surface area contributed by atoms with E-state index in [9.17, 15) is 0 Å². The minimum absolute atomic E-state index is 0.177. The molecule has 0 saturated carbocycles. The Balaban J connectivity index is 2.27. The topological polar surface area (TPSA) is 51.0 Å². The Bertz CT molecular complexity index is 341. The van der Waals surface area contributed by atoms with E-state index in [0.717, 1.165) is 44.0 Å². The van der Waals surface area contributed by atoms with Gasteiger partial charge in [-0.25, -0.2) is 0 Å². The lowest BCUT2D eigenvalue weighted by Crippen LogP contribution is -2.36. The van der Waals surface area contributed by atoms with Crippen LogP contribution in [0.5, 0.6) is 0 Å². The van der Waals surface area contributed by atoms with Crippen molar-refractivity contribution in [3.63, 3.8) is 0 Å².